The van der Waals surface area contributed by atoms with Crippen molar-refractivity contribution in [1.29, 1.82) is 0 Å². The minimum Gasteiger partial charge on any atom is -0.351 e. The van der Waals surface area contributed by atoms with Crippen molar-refractivity contribution in [3.63, 3.8) is 0 Å². The van der Waals surface area contributed by atoms with Gasteiger partial charge in [0.15, 0.2) is 0 Å². The van der Waals surface area contributed by atoms with E-state index >= 15 is 0 Å². The van der Waals surface area contributed by atoms with Crippen LogP contribution in [0.25, 0.3) is 0 Å². The lowest BCUT2D eigenvalue weighted by Crippen LogP contribution is -2.22. The van der Waals surface area contributed by atoms with Gasteiger partial charge in [-0.1, -0.05) is 34.1 Å². The van der Waals surface area contributed by atoms with E-state index in [0.717, 1.165) is 10.0 Å². The predicted octanol–water partition coefficient (Wildman–Crippen LogP) is 2.87. The summed E-state index contributed by atoms with van der Waals surface area (Å²) in [6.07, 6.45) is 0. The van der Waals surface area contributed by atoms with Crippen LogP contribution in [0.5, 0.6) is 0 Å². The SMILES string of the molecule is NC(=O)Nc1ccc(CNC(=O)c2cccc(Br)c2)cc1. The molecule has 2 rings (SSSR count). The molecule has 0 heterocycles. The first-order chi connectivity index (χ1) is 10.0. The van der Waals surface area contributed by atoms with Crippen LogP contribution < -0.4 is 16.4 Å². The largest absolute Gasteiger partial charge is 0.351 e. The highest BCUT2D eigenvalue weighted by Gasteiger charge is 2.05. The first-order valence-electron chi connectivity index (χ1n) is 6.24. The van der Waals surface area contributed by atoms with Gasteiger partial charge in [-0.3, -0.25) is 4.79 Å². The maximum atomic E-state index is 12.0. The fraction of sp³-hybridized carbons (Fsp3) is 0.0667. The van der Waals surface area contributed by atoms with E-state index in [9.17, 15) is 9.59 Å². The van der Waals surface area contributed by atoms with E-state index in [1.54, 1.807) is 24.3 Å². The molecule has 3 amide bonds. The molecule has 2 aromatic rings. The summed E-state index contributed by atoms with van der Waals surface area (Å²) in [4.78, 5) is 22.7. The second kappa shape index (κ2) is 6.90. The third kappa shape index (κ3) is 4.61. The van der Waals surface area contributed by atoms with Crippen LogP contribution in [-0.4, -0.2) is 11.9 Å². The number of hydrogen-bond acceptors (Lipinski definition) is 2. The smallest absolute Gasteiger partial charge is 0.316 e. The minimum atomic E-state index is -0.606. The van der Waals surface area contributed by atoms with Crippen molar-refractivity contribution in [3.8, 4) is 0 Å². The van der Waals surface area contributed by atoms with Gasteiger partial charge in [0.25, 0.3) is 5.91 Å². The zero-order valence-electron chi connectivity index (χ0n) is 11.1. The van der Waals surface area contributed by atoms with Gasteiger partial charge < -0.3 is 16.4 Å². The van der Waals surface area contributed by atoms with Gasteiger partial charge >= 0.3 is 6.03 Å². The summed E-state index contributed by atoms with van der Waals surface area (Å²) in [5.41, 5.74) is 7.16. The monoisotopic (exact) mass is 347 g/mol. The number of halogens is 1. The number of primary amides is 1. The molecule has 0 bridgehead atoms. The molecule has 108 valence electrons. The molecular formula is C15H14BrN3O2. The molecule has 0 spiro atoms. The Hall–Kier alpha value is -2.34. The molecule has 0 saturated carbocycles. The highest BCUT2D eigenvalue weighted by molar-refractivity contribution is 9.10. The van der Waals surface area contributed by atoms with Crippen molar-refractivity contribution in [1.82, 2.24) is 5.32 Å². The number of nitrogens with one attached hydrogen (secondary N) is 2. The number of benzene rings is 2. The molecule has 2 aromatic carbocycles. The van der Waals surface area contributed by atoms with Gasteiger partial charge in [-0.25, -0.2) is 4.79 Å². The molecule has 0 aliphatic carbocycles. The number of amides is 3. The summed E-state index contributed by atoms with van der Waals surface area (Å²) >= 11 is 3.33. The standard InChI is InChI=1S/C15H14BrN3O2/c16-12-3-1-2-11(8-12)14(20)18-9-10-4-6-13(7-5-10)19-15(17)21/h1-8H,9H2,(H,18,20)(H3,17,19,21). The second-order valence-electron chi connectivity index (χ2n) is 4.38. The summed E-state index contributed by atoms with van der Waals surface area (Å²) in [7, 11) is 0. The van der Waals surface area contributed by atoms with Crippen molar-refractivity contribution in [3.05, 3.63) is 64.1 Å². The van der Waals surface area contributed by atoms with E-state index in [1.165, 1.54) is 0 Å². The molecule has 0 unspecified atom stereocenters. The third-order valence-corrected chi connectivity index (χ3v) is 3.25. The van der Waals surface area contributed by atoms with E-state index in [0.29, 0.717) is 17.8 Å². The van der Waals surface area contributed by atoms with Gasteiger partial charge in [-0.05, 0) is 35.9 Å². The summed E-state index contributed by atoms with van der Waals surface area (Å²) in [6.45, 7) is 0.405. The van der Waals surface area contributed by atoms with Crippen LogP contribution in [0.3, 0.4) is 0 Å². The zero-order chi connectivity index (χ0) is 15.2. The molecule has 0 aliphatic rings. The number of carbonyl (C=O) groups excluding carboxylic acids is 2. The topological polar surface area (TPSA) is 84.2 Å². The lowest BCUT2D eigenvalue weighted by molar-refractivity contribution is 0.0951. The van der Waals surface area contributed by atoms with Gasteiger partial charge in [0.05, 0.1) is 0 Å². The molecule has 0 aliphatic heterocycles. The molecule has 21 heavy (non-hydrogen) atoms. The van der Waals surface area contributed by atoms with Crippen LogP contribution in [0.4, 0.5) is 10.5 Å². The van der Waals surface area contributed by atoms with Gasteiger partial charge in [-0.2, -0.15) is 0 Å². The van der Waals surface area contributed by atoms with Crippen LogP contribution in [0, 0.1) is 0 Å². The lowest BCUT2D eigenvalue weighted by atomic mass is 10.2. The number of nitrogens with two attached hydrogens (primary N) is 1. The first kappa shape index (κ1) is 15.1. The number of carbonyl (C=O) groups is 2. The van der Waals surface area contributed by atoms with Crippen molar-refractivity contribution in [2.24, 2.45) is 5.73 Å². The van der Waals surface area contributed by atoms with Crippen LogP contribution in [-0.2, 0) is 6.54 Å². The Balaban J connectivity index is 1.93. The van der Waals surface area contributed by atoms with E-state index in [2.05, 4.69) is 26.6 Å². The van der Waals surface area contributed by atoms with Gasteiger partial charge in [0.2, 0.25) is 0 Å². The number of hydrogen-bond donors (Lipinski definition) is 3. The van der Waals surface area contributed by atoms with Gasteiger partial charge in [0.1, 0.15) is 0 Å². The summed E-state index contributed by atoms with van der Waals surface area (Å²) in [5, 5.41) is 5.31. The van der Waals surface area contributed by atoms with Crippen molar-refractivity contribution in [2.45, 2.75) is 6.54 Å². The lowest BCUT2D eigenvalue weighted by Gasteiger charge is -2.07. The molecule has 4 N–H and O–H groups in total. The van der Waals surface area contributed by atoms with Crippen molar-refractivity contribution in [2.75, 3.05) is 5.32 Å². The summed E-state index contributed by atoms with van der Waals surface area (Å²) in [5.74, 6) is -0.143. The highest BCUT2D eigenvalue weighted by Crippen LogP contribution is 2.12. The molecule has 0 atom stereocenters. The van der Waals surface area contributed by atoms with Crippen LogP contribution >= 0.6 is 15.9 Å². The molecule has 0 aromatic heterocycles. The molecule has 5 nitrogen and oxygen atoms in total. The third-order valence-electron chi connectivity index (χ3n) is 2.76. The Labute approximate surface area is 130 Å². The van der Waals surface area contributed by atoms with Crippen LogP contribution in [0.15, 0.2) is 53.0 Å². The minimum absolute atomic E-state index is 0.143. The number of urea groups is 1. The maximum Gasteiger partial charge on any atom is 0.316 e. The summed E-state index contributed by atoms with van der Waals surface area (Å²) in [6, 6.07) is 13.7. The van der Waals surface area contributed by atoms with Gasteiger partial charge in [0, 0.05) is 22.3 Å². The number of anilines is 1. The summed E-state index contributed by atoms with van der Waals surface area (Å²) < 4.78 is 0.858. The Kier molecular flexibility index (Phi) is 4.94. The Bertz CT molecular complexity index is 656. The van der Waals surface area contributed by atoms with E-state index in [1.807, 2.05) is 24.3 Å². The average Bonchev–Trinajstić information content (AvgIpc) is 2.45. The fourth-order valence-electron chi connectivity index (χ4n) is 1.76. The molecular weight excluding hydrogens is 334 g/mol. The molecule has 6 heteroatoms. The van der Waals surface area contributed by atoms with Crippen molar-refractivity contribution >= 4 is 33.6 Å². The molecule has 0 fully saturated rings. The molecule has 0 saturated heterocycles. The van der Waals surface area contributed by atoms with Crippen molar-refractivity contribution < 1.29 is 9.59 Å². The quantitative estimate of drug-likeness (QED) is 0.794. The Morgan fingerprint density at radius 3 is 2.43 bits per heavy atom. The van der Waals surface area contributed by atoms with E-state index in [-0.39, 0.29) is 5.91 Å². The molecule has 0 radical (unpaired) electrons. The normalized spacial score (nSPS) is 9.95. The van der Waals surface area contributed by atoms with Crippen LogP contribution in [0.1, 0.15) is 15.9 Å². The van der Waals surface area contributed by atoms with E-state index < -0.39 is 6.03 Å². The number of rotatable bonds is 4. The fourth-order valence-corrected chi connectivity index (χ4v) is 2.16. The average molecular weight is 348 g/mol. The van der Waals surface area contributed by atoms with Crippen LogP contribution in [0.2, 0.25) is 0 Å². The first-order valence-corrected chi connectivity index (χ1v) is 7.03. The highest BCUT2D eigenvalue weighted by atomic mass is 79.9. The Morgan fingerprint density at radius 2 is 1.81 bits per heavy atom. The zero-order valence-corrected chi connectivity index (χ0v) is 12.7. The van der Waals surface area contributed by atoms with E-state index in [4.69, 9.17) is 5.73 Å². The van der Waals surface area contributed by atoms with Gasteiger partial charge in [-0.15, -0.1) is 0 Å². The Morgan fingerprint density at radius 1 is 1.10 bits per heavy atom. The predicted molar refractivity (Wildman–Crippen MR) is 85.0 cm³/mol. The maximum absolute atomic E-state index is 12.0. The second-order valence-corrected chi connectivity index (χ2v) is 5.29.